The highest BCUT2D eigenvalue weighted by atomic mass is 32.1. The monoisotopic (exact) mass is 328 g/mol. The third-order valence-electron chi connectivity index (χ3n) is 3.80. The molecule has 120 valence electrons. The van der Waals surface area contributed by atoms with Crippen LogP contribution in [-0.4, -0.2) is 27.0 Å². The Morgan fingerprint density at radius 3 is 1.95 bits per heavy atom. The average Bonchev–Trinajstić information content (AvgIpc) is 2.42. The molecule has 21 heavy (non-hydrogen) atoms. The van der Waals surface area contributed by atoms with Crippen LogP contribution in [0, 0.1) is 9.54 Å². The first-order valence-corrected chi connectivity index (χ1v) is 8.80. The first-order chi connectivity index (χ1) is 9.99. The number of aromatic amines is 2. The van der Waals surface area contributed by atoms with Crippen molar-refractivity contribution < 1.29 is 0 Å². The number of unbranched alkanes of at least 4 members (excludes halogenated alkanes) is 2. The number of anilines is 1. The summed E-state index contributed by atoms with van der Waals surface area (Å²) >= 11 is 10.4. The SMILES string of the molecule is CCCCC(C)N(c1nc(=S)[nH]c(=S)[nH]1)C(C)CCCC. The van der Waals surface area contributed by atoms with Crippen LogP contribution in [0.15, 0.2) is 0 Å². The quantitative estimate of drug-likeness (QED) is 0.615. The van der Waals surface area contributed by atoms with E-state index in [-0.39, 0.29) is 0 Å². The second-order valence-corrected chi connectivity index (χ2v) is 6.50. The molecule has 1 aromatic heterocycles. The summed E-state index contributed by atoms with van der Waals surface area (Å²) in [7, 11) is 0. The molecule has 0 aliphatic rings. The van der Waals surface area contributed by atoms with Gasteiger partial charge in [-0.1, -0.05) is 39.5 Å². The average molecular weight is 329 g/mol. The maximum absolute atomic E-state index is 5.21. The molecule has 0 aromatic carbocycles. The Bertz CT molecular complexity index is 481. The van der Waals surface area contributed by atoms with E-state index in [0.29, 0.717) is 21.6 Å². The van der Waals surface area contributed by atoms with E-state index in [0.717, 1.165) is 18.8 Å². The molecule has 0 radical (unpaired) electrons. The molecule has 1 aromatic rings. The number of nitrogens with one attached hydrogen (secondary N) is 2. The third-order valence-corrected chi connectivity index (χ3v) is 4.20. The number of nitrogens with zero attached hydrogens (tertiary/aromatic N) is 2. The molecule has 0 saturated carbocycles. The van der Waals surface area contributed by atoms with Gasteiger partial charge in [-0.3, -0.25) is 0 Å². The molecule has 1 rings (SSSR count). The summed E-state index contributed by atoms with van der Waals surface area (Å²) in [6.45, 7) is 8.97. The van der Waals surface area contributed by atoms with E-state index in [9.17, 15) is 0 Å². The van der Waals surface area contributed by atoms with Crippen LogP contribution in [0.5, 0.6) is 0 Å². The summed E-state index contributed by atoms with van der Waals surface area (Å²) in [6.07, 6.45) is 7.16. The summed E-state index contributed by atoms with van der Waals surface area (Å²) < 4.78 is 0.990. The van der Waals surface area contributed by atoms with Gasteiger partial charge in [0.25, 0.3) is 0 Å². The molecule has 0 amide bonds. The van der Waals surface area contributed by atoms with E-state index >= 15 is 0 Å². The predicted molar refractivity (Wildman–Crippen MR) is 95.1 cm³/mol. The molecule has 2 N–H and O–H groups in total. The Hall–Kier alpha value is -0.750. The van der Waals surface area contributed by atoms with Gasteiger partial charge in [-0.05, 0) is 51.1 Å². The van der Waals surface area contributed by atoms with Crippen molar-refractivity contribution in [2.24, 2.45) is 0 Å². The van der Waals surface area contributed by atoms with Crippen molar-refractivity contribution in [2.75, 3.05) is 4.90 Å². The molecule has 2 unspecified atom stereocenters. The zero-order chi connectivity index (χ0) is 15.8. The number of H-pyrrole nitrogens is 2. The minimum atomic E-state index is 0.423. The Morgan fingerprint density at radius 2 is 1.52 bits per heavy atom. The molecule has 0 fully saturated rings. The molecular formula is C15H28N4S2. The molecule has 2 atom stereocenters. The molecule has 0 spiro atoms. The fourth-order valence-electron chi connectivity index (χ4n) is 2.63. The van der Waals surface area contributed by atoms with E-state index in [1.807, 2.05) is 0 Å². The van der Waals surface area contributed by atoms with Gasteiger partial charge in [-0.2, -0.15) is 4.98 Å². The molecule has 6 heteroatoms. The fraction of sp³-hybridized carbons (Fsp3) is 0.800. The molecule has 0 saturated heterocycles. The van der Waals surface area contributed by atoms with Crippen molar-refractivity contribution in [3.63, 3.8) is 0 Å². The van der Waals surface area contributed by atoms with Gasteiger partial charge < -0.3 is 14.9 Å². The van der Waals surface area contributed by atoms with Crippen LogP contribution < -0.4 is 4.90 Å². The molecule has 1 heterocycles. The minimum absolute atomic E-state index is 0.423. The highest BCUT2D eigenvalue weighted by Crippen LogP contribution is 2.21. The third kappa shape index (κ3) is 5.87. The number of rotatable bonds is 9. The first-order valence-electron chi connectivity index (χ1n) is 7.98. The van der Waals surface area contributed by atoms with Crippen molar-refractivity contribution in [3.05, 3.63) is 9.54 Å². The smallest absolute Gasteiger partial charge is 0.208 e. The molecule has 0 bridgehead atoms. The number of aromatic nitrogens is 3. The van der Waals surface area contributed by atoms with Crippen LogP contribution in [0.1, 0.15) is 66.2 Å². The largest absolute Gasteiger partial charge is 0.337 e. The standard InChI is InChI=1S/C15H28N4S2/c1-5-7-9-11(3)19(12(4)10-8-6-2)13-16-14(20)18-15(21)17-13/h11-12H,5-10H2,1-4H3,(H2,16,17,18,20,21). The van der Waals surface area contributed by atoms with Crippen LogP contribution >= 0.6 is 24.4 Å². The van der Waals surface area contributed by atoms with E-state index in [2.05, 4.69) is 47.5 Å². The van der Waals surface area contributed by atoms with Crippen molar-refractivity contribution in [1.29, 1.82) is 0 Å². The Labute approximate surface area is 138 Å². The molecule has 0 aliphatic carbocycles. The van der Waals surface area contributed by atoms with Crippen molar-refractivity contribution >= 4 is 30.4 Å². The number of hydrogen-bond donors (Lipinski definition) is 2. The summed E-state index contributed by atoms with van der Waals surface area (Å²) in [5.74, 6) is 0.802. The van der Waals surface area contributed by atoms with Crippen LogP contribution in [0.2, 0.25) is 0 Å². The minimum Gasteiger partial charge on any atom is -0.337 e. The maximum atomic E-state index is 5.21. The summed E-state index contributed by atoms with van der Waals surface area (Å²) in [6, 6.07) is 0.846. The Balaban J connectivity index is 3.04. The summed E-state index contributed by atoms with van der Waals surface area (Å²) in [5.41, 5.74) is 0. The van der Waals surface area contributed by atoms with E-state index in [1.165, 1.54) is 25.7 Å². The van der Waals surface area contributed by atoms with Crippen LogP contribution in [0.4, 0.5) is 5.95 Å². The predicted octanol–water partition coefficient (Wildman–Crippen LogP) is 5.16. The Morgan fingerprint density at radius 1 is 1.00 bits per heavy atom. The van der Waals surface area contributed by atoms with Gasteiger partial charge >= 0.3 is 0 Å². The van der Waals surface area contributed by atoms with Gasteiger partial charge in [0.15, 0.2) is 4.77 Å². The van der Waals surface area contributed by atoms with Gasteiger partial charge in [0.05, 0.1) is 0 Å². The lowest BCUT2D eigenvalue weighted by Crippen LogP contribution is -2.41. The molecule has 4 nitrogen and oxygen atoms in total. The lowest BCUT2D eigenvalue weighted by Gasteiger charge is -2.35. The van der Waals surface area contributed by atoms with Gasteiger partial charge in [0, 0.05) is 12.1 Å². The first kappa shape index (κ1) is 18.3. The van der Waals surface area contributed by atoms with Gasteiger partial charge in [-0.15, -0.1) is 0 Å². The van der Waals surface area contributed by atoms with Gasteiger partial charge in [0.2, 0.25) is 10.7 Å². The zero-order valence-corrected chi connectivity index (χ0v) is 15.2. The van der Waals surface area contributed by atoms with Crippen LogP contribution in [0.25, 0.3) is 0 Å². The topological polar surface area (TPSA) is 47.7 Å². The summed E-state index contributed by atoms with van der Waals surface area (Å²) in [5, 5.41) is 0. The van der Waals surface area contributed by atoms with Crippen molar-refractivity contribution in [3.8, 4) is 0 Å². The maximum Gasteiger partial charge on any atom is 0.208 e. The second kappa shape index (κ2) is 9.30. The van der Waals surface area contributed by atoms with E-state index < -0.39 is 0 Å². The van der Waals surface area contributed by atoms with Crippen LogP contribution in [-0.2, 0) is 0 Å². The zero-order valence-electron chi connectivity index (χ0n) is 13.6. The lowest BCUT2D eigenvalue weighted by molar-refractivity contribution is 0.468. The fourth-order valence-corrected chi connectivity index (χ4v) is 3.07. The van der Waals surface area contributed by atoms with E-state index in [4.69, 9.17) is 24.4 Å². The normalized spacial score (nSPS) is 13.9. The van der Waals surface area contributed by atoms with Gasteiger partial charge in [-0.25, -0.2) is 0 Å². The van der Waals surface area contributed by atoms with Crippen molar-refractivity contribution in [1.82, 2.24) is 15.0 Å². The highest BCUT2D eigenvalue weighted by Gasteiger charge is 2.22. The molecular weight excluding hydrogens is 300 g/mol. The van der Waals surface area contributed by atoms with Crippen LogP contribution in [0.3, 0.4) is 0 Å². The highest BCUT2D eigenvalue weighted by molar-refractivity contribution is 7.71. The van der Waals surface area contributed by atoms with E-state index in [1.54, 1.807) is 0 Å². The van der Waals surface area contributed by atoms with Gasteiger partial charge in [0.1, 0.15) is 0 Å². The van der Waals surface area contributed by atoms with Crippen molar-refractivity contribution in [2.45, 2.75) is 78.3 Å². The second-order valence-electron chi connectivity index (χ2n) is 5.71. The lowest BCUT2D eigenvalue weighted by atomic mass is 10.1. The Kier molecular flexibility index (Phi) is 8.11. The number of hydrogen-bond acceptors (Lipinski definition) is 4. The molecule has 0 aliphatic heterocycles. The summed E-state index contributed by atoms with van der Waals surface area (Å²) in [4.78, 5) is 12.8.